The molecule has 5 nitrogen and oxygen atoms in total. The van der Waals surface area contributed by atoms with Crippen molar-refractivity contribution in [3.05, 3.63) is 75.8 Å². The summed E-state index contributed by atoms with van der Waals surface area (Å²) in [5.41, 5.74) is 1.40. The molecule has 2 aromatic rings. The van der Waals surface area contributed by atoms with Crippen molar-refractivity contribution in [1.29, 1.82) is 0 Å². The zero-order chi connectivity index (χ0) is 17.8. The van der Waals surface area contributed by atoms with Gasteiger partial charge in [0.25, 0.3) is 5.69 Å². The summed E-state index contributed by atoms with van der Waals surface area (Å²) < 4.78 is 0. The van der Waals surface area contributed by atoms with E-state index in [4.69, 9.17) is 0 Å². The van der Waals surface area contributed by atoms with E-state index >= 15 is 0 Å². The SMILES string of the molecule is O=C(C[C@H](c1ccccc1)[C@@H]1CCCC1=O)c1ccc([N+](=O)[O-])cc1. The number of hydrogen-bond donors (Lipinski definition) is 0. The molecule has 1 saturated carbocycles. The zero-order valence-corrected chi connectivity index (χ0v) is 13.8. The molecule has 0 unspecified atom stereocenters. The first-order chi connectivity index (χ1) is 12.1. The van der Waals surface area contributed by atoms with Gasteiger partial charge in [-0.25, -0.2) is 0 Å². The Hall–Kier alpha value is -2.82. The highest BCUT2D eigenvalue weighted by molar-refractivity contribution is 5.97. The highest BCUT2D eigenvalue weighted by atomic mass is 16.6. The molecule has 1 fully saturated rings. The molecule has 2 atom stereocenters. The Morgan fingerprint density at radius 1 is 1.12 bits per heavy atom. The Morgan fingerprint density at radius 2 is 1.80 bits per heavy atom. The van der Waals surface area contributed by atoms with Gasteiger partial charge in [-0.2, -0.15) is 0 Å². The van der Waals surface area contributed by atoms with Gasteiger partial charge in [0, 0.05) is 42.4 Å². The third-order valence-electron chi connectivity index (χ3n) is 4.87. The summed E-state index contributed by atoms with van der Waals surface area (Å²) in [5, 5.41) is 10.7. The Bertz CT molecular complexity index is 783. The average molecular weight is 337 g/mol. The lowest BCUT2D eigenvalue weighted by Gasteiger charge is -2.22. The maximum atomic E-state index is 12.7. The normalized spacial score (nSPS) is 18.1. The molecule has 2 aromatic carbocycles. The second-order valence-corrected chi connectivity index (χ2v) is 6.41. The zero-order valence-electron chi connectivity index (χ0n) is 13.8. The van der Waals surface area contributed by atoms with E-state index in [1.165, 1.54) is 24.3 Å². The van der Waals surface area contributed by atoms with Crippen LogP contribution in [0, 0.1) is 16.0 Å². The lowest BCUT2D eigenvalue weighted by Crippen LogP contribution is -2.20. The number of non-ortho nitro benzene ring substituents is 1. The van der Waals surface area contributed by atoms with Gasteiger partial charge in [-0.3, -0.25) is 19.7 Å². The van der Waals surface area contributed by atoms with Crippen molar-refractivity contribution >= 4 is 17.3 Å². The molecule has 1 aliphatic carbocycles. The molecule has 0 heterocycles. The first-order valence-electron chi connectivity index (χ1n) is 8.41. The van der Waals surface area contributed by atoms with Crippen molar-refractivity contribution in [3.63, 3.8) is 0 Å². The van der Waals surface area contributed by atoms with Gasteiger partial charge in [-0.05, 0) is 30.5 Å². The minimum atomic E-state index is -0.488. The summed E-state index contributed by atoms with van der Waals surface area (Å²) in [6.07, 6.45) is 2.50. The summed E-state index contributed by atoms with van der Waals surface area (Å²) in [6.45, 7) is 0. The smallest absolute Gasteiger partial charge is 0.269 e. The number of nitro benzene ring substituents is 1. The molecule has 128 valence electrons. The van der Waals surface area contributed by atoms with Crippen LogP contribution in [0.2, 0.25) is 0 Å². The molecule has 0 amide bonds. The van der Waals surface area contributed by atoms with Gasteiger partial charge in [0.2, 0.25) is 0 Å². The van der Waals surface area contributed by atoms with Crippen molar-refractivity contribution in [3.8, 4) is 0 Å². The van der Waals surface area contributed by atoms with Crippen LogP contribution in [0.4, 0.5) is 5.69 Å². The summed E-state index contributed by atoms with van der Waals surface area (Å²) in [5.74, 6) is -0.128. The van der Waals surface area contributed by atoms with Gasteiger partial charge in [0.1, 0.15) is 5.78 Å². The summed E-state index contributed by atoms with van der Waals surface area (Å²) in [4.78, 5) is 35.2. The Kier molecular flexibility index (Phi) is 5.03. The van der Waals surface area contributed by atoms with Crippen molar-refractivity contribution < 1.29 is 14.5 Å². The molecule has 0 radical (unpaired) electrons. The minimum absolute atomic E-state index is 0.0397. The second kappa shape index (κ2) is 7.38. The van der Waals surface area contributed by atoms with E-state index in [0.29, 0.717) is 12.0 Å². The molecule has 0 N–H and O–H groups in total. The Morgan fingerprint density at radius 3 is 2.36 bits per heavy atom. The fourth-order valence-electron chi connectivity index (χ4n) is 3.55. The van der Waals surface area contributed by atoms with E-state index in [9.17, 15) is 19.7 Å². The fourth-order valence-corrected chi connectivity index (χ4v) is 3.55. The molecule has 0 aliphatic heterocycles. The van der Waals surface area contributed by atoms with E-state index in [1.807, 2.05) is 30.3 Å². The standard InChI is InChI=1S/C20H19NO4/c22-19-8-4-7-17(19)18(14-5-2-1-3-6-14)13-20(23)15-9-11-16(12-10-15)21(24)25/h1-3,5-6,9-12,17-18H,4,7-8,13H2/t17-,18+/m0/s1. The van der Waals surface area contributed by atoms with Crippen LogP contribution < -0.4 is 0 Å². The highest BCUT2D eigenvalue weighted by Crippen LogP contribution is 2.38. The van der Waals surface area contributed by atoms with E-state index in [2.05, 4.69) is 0 Å². The minimum Gasteiger partial charge on any atom is -0.299 e. The molecule has 5 heteroatoms. The molecule has 3 rings (SSSR count). The molecule has 0 spiro atoms. The van der Waals surface area contributed by atoms with Gasteiger partial charge in [0.05, 0.1) is 4.92 Å². The van der Waals surface area contributed by atoms with E-state index in [1.54, 1.807) is 0 Å². The number of hydrogen-bond acceptors (Lipinski definition) is 4. The molecule has 0 aromatic heterocycles. The molecule has 25 heavy (non-hydrogen) atoms. The molecule has 1 aliphatic rings. The van der Waals surface area contributed by atoms with Crippen LogP contribution in [-0.4, -0.2) is 16.5 Å². The number of rotatable bonds is 6. The van der Waals surface area contributed by atoms with E-state index < -0.39 is 4.92 Å². The first kappa shape index (κ1) is 17.0. The number of carbonyl (C=O) groups is 2. The van der Waals surface area contributed by atoms with Crippen molar-refractivity contribution in [2.45, 2.75) is 31.6 Å². The fraction of sp³-hybridized carbons (Fsp3) is 0.300. The first-order valence-corrected chi connectivity index (χ1v) is 8.41. The molecule has 0 bridgehead atoms. The van der Waals surface area contributed by atoms with Crippen LogP contribution in [-0.2, 0) is 4.79 Å². The van der Waals surface area contributed by atoms with Crippen LogP contribution in [0.1, 0.15) is 47.5 Å². The Balaban J connectivity index is 1.83. The van der Waals surface area contributed by atoms with E-state index in [0.717, 1.165) is 18.4 Å². The van der Waals surface area contributed by atoms with Gasteiger partial charge >= 0.3 is 0 Å². The largest absolute Gasteiger partial charge is 0.299 e. The number of nitro groups is 1. The number of carbonyl (C=O) groups excluding carboxylic acids is 2. The van der Waals surface area contributed by atoms with Gasteiger partial charge < -0.3 is 0 Å². The van der Waals surface area contributed by atoms with Crippen LogP contribution >= 0.6 is 0 Å². The highest BCUT2D eigenvalue weighted by Gasteiger charge is 2.34. The molecule has 0 saturated heterocycles. The van der Waals surface area contributed by atoms with E-state index in [-0.39, 0.29) is 35.5 Å². The lowest BCUT2D eigenvalue weighted by molar-refractivity contribution is -0.384. The number of ketones is 2. The van der Waals surface area contributed by atoms with Crippen LogP contribution in [0.5, 0.6) is 0 Å². The van der Waals surface area contributed by atoms with Crippen LogP contribution in [0.15, 0.2) is 54.6 Å². The van der Waals surface area contributed by atoms with Gasteiger partial charge in [-0.15, -0.1) is 0 Å². The van der Waals surface area contributed by atoms with Crippen molar-refractivity contribution in [1.82, 2.24) is 0 Å². The summed E-state index contributed by atoms with van der Waals surface area (Å²) in [6, 6.07) is 15.3. The molecular formula is C20H19NO4. The van der Waals surface area contributed by atoms with Gasteiger partial charge in [-0.1, -0.05) is 30.3 Å². The third kappa shape index (κ3) is 3.82. The monoisotopic (exact) mass is 337 g/mol. The predicted molar refractivity (Wildman–Crippen MR) is 93.6 cm³/mol. The third-order valence-corrected chi connectivity index (χ3v) is 4.87. The average Bonchev–Trinajstić information content (AvgIpc) is 3.06. The number of Topliss-reactive ketones (excluding diaryl/α,β-unsaturated/α-hetero) is 2. The summed E-state index contributed by atoms with van der Waals surface area (Å²) >= 11 is 0. The quantitative estimate of drug-likeness (QED) is 0.447. The number of nitrogens with zero attached hydrogens (tertiary/aromatic N) is 1. The Labute approximate surface area is 145 Å². The maximum Gasteiger partial charge on any atom is 0.269 e. The van der Waals surface area contributed by atoms with Crippen LogP contribution in [0.25, 0.3) is 0 Å². The predicted octanol–water partition coefficient (Wildman–Crippen LogP) is 4.32. The maximum absolute atomic E-state index is 12.7. The molecular weight excluding hydrogens is 318 g/mol. The van der Waals surface area contributed by atoms with Crippen molar-refractivity contribution in [2.24, 2.45) is 5.92 Å². The second-order valence-electron chi connectivity index (χ2n) is 6.41. The topological polar surface area (TPSA) is 77.3 Å². The van der Waals surface area contributed by atoms with Crippen molar-refractivity contribution in [2.75, 3.05) is 0 Å². The number of benzene rings is 2. The van der Waals surface area contributed by atoms with Gasteiger partial charge in [0.15, 0.2) is 5.78 Å². The van der Waals surface area contributed by atoms with Crippen LogP contribution in [0.3, 0.4) is 0 Å². The lowest BCUT2D eigenvalue weighted by atomic mass is 9.80. The summed E-state index contributed by atoms with van der Waals surface area (Å²) in [7, 11) is 0.